The van der Waals surface area contributed by atoms with Gasteiger partial charge in [0.1, 0.15) is 6.34 Å². The van der Waals surface area contributed by atoms with E-state index in [1.54, 1.807) is 0 Å². The fourth-order valence-corrected chi connectivity index (χ4v) is 0.981. The molecule has 64 valence electrons. The van der Waals surface area contributed by atoms with Gasteiger partial charge < -0.3 is 0 Å². The van der Waals surface area contributed by atoms with Crippen LogP contribution in [0.3, 0.4) is 0 Å². The van der Waals surface area contributed by atoms with Crippen molar-refractivity contribution >= 4 is 12.2 Å². The summed E-state index contributed by atoms with van der Waals surface area (Å²) in [7, 11) is 0. The average molecular weight is 165 g/mol. The molecule has 1 aromatic rings. The van der Waals surface area contributed by atoms with E-state index >= 15 is 0 Å². The molecule has 0 saturated heterocycles. The summed E-state index contributed by atoms with van der Waals surface area (Å²) >= 11 is 0. The Bertz CT molecular complexity index is 276. The van der Waals surface area contributed by atoms with Crippen molar-refractivity contribution in [3.8, 4) is 0 Å². The Morgan fingerprint density at radius 1 is 1.50 bits per heavy atom. The molecular weight excluding hydrogens is 154 g/mol. The zero-order valence-corrected chi connectivity index (χ0v) is 7.07. The summed E-state index contributed by atoms with van der Waals surface area (Å²) in [5.41, 5.74) is 3.84. The fraction of sp³-hybridized carbons (Fsp3) is 0.250. The number of rotatable bonds is 2. The molecule has 0 bridgehead atoms. The van der Waals surface area contributed by atoms with Crippen LogP contribution in [0.15, 0.2) is 17.1 Å². The molecule has 0 radical (unpaired) electrons. The summed E-state index contributed by atoms with van der Waals surface area (Å²) in [6.45, 7) is 3.87. The number of aryl methyl sites for hydroxylation is 2. The van der Waals surface area contributed by atoms with Crippen LogP contribution in [-0.4, -0.2) is 16.5 Å². The predicted octanol–water partition coefficient (Wildman–Crippen LogP) is 1.34. The maximum atomic E-state index is 8.24. The number of hydroxylamine groups is 1. The van der Waals surface area contributed by atoms with Crippen molar-refractivity contribution in [2.75, 3.05) is 0 Å². The lowest BCUT2D eigenvalue weighted by Gasteiger charge is -1.97. The summed E-state index contributed by atoms with van der Waals surface area (Å²) in [5.74, 6) is 0.592. The van der Waals surface area contributed by atoms with Crippen LogP contribution in [0.4, 0.5) is 5.82 Å². The monoisotopic (exact) mass is 165 g/mol. The molecule has 4 heteroatoms. The largest absolute Gasteiger partial charge is 0.290 e. The van der Waals surface area contributed by atoms with Crippen molar-refractivity contribution < 1.29 is 5.21 Å². The normalized spacial score (nSPS) is 10.6. The third-order valence-corrected chi connectivity index (χ3v) is 1.34. The van der Waals surface area contributed by atoms with Gasteiger partial charge in [0.25, 0.3) is 0 Å². The Labute approximate surface area is 70.9 Å². The van der Waals surface area contributed by atoms with E-state index in [2.05, 4.69) is 9.98 Å². The Balaban J connectivity index is 2.93. The van der Waals surface area contributed by atoms with Crippen LogP contribution in [-0.2, 0) is 0 Å². The van der Waals surface area contributed by atoms with Crippen LogP contribution in [0.1, 0.15) is 11.3 Å². The predicted molar refractivity (Wildman–Crippen MR) is 46.8 cm³/mol. The lowest BCUT2D eigenvalue weighted by atomic mass is 10.2. The first-order valence-electron chi connectivity index (χ1n) is 3.60. The quantitative estimate of drug-likeness (QED) is 0.395. The number of nitrogens with one attached hydrogen (secondary N) is 1. The van der Waals surface area contributed by atoms with E-state index in [0.29, 0.717) is 5.82 Å². The van der Waals surface area contributed by atoms with Crippen molar-refractivity contribution in [1.82, 2.24) is 10.5 Å². The average Bonchev–Trinajstić information content (AvgIpc) is 1.99. The third kappa shape index (κ3) is 2.32. The fourth-order valence-electron chi connectivity index (χ4n) is 0.981. The molecule has 0 aliphatic rings. The van der Waals surface area contributed by atoms with Gasteiger partial charge in [-0.3, -0.25) is 10.7 Å². The van der Waals surface area contributed by atoms with Crippen molar-refractivity contribution in [2.45, 2.75) is 13.8 Å². The molecule has 0 amide bonds. The van der Waals surface area contributed by atoms with E-state index in [1.807, 2.05) is 31.5 Å². The number of nitrogens with zero attached hydrogens (tertiary/aromatic N) is 2. The molecule has 12 heavy (non-hydrogen) atoms. The topological polar surface area (TPSA) is 57.5 Å². The molecule has 0 fully saturated rings. The highest BCUT2D eigenvalue weighted by atomic mass is 16.5. The number of aliphatic imine (C=N–C) groups is 1. The second-order valence-electron chi connectivity index (χ2n) is 2.53. The molecular formula is C8H11N3O. The van der Waals surface area contributed by atoms with Gasteiger partial charge in [0.15, 0.2) is 5.82 Å². The molecule has 0 spiro atoms. The Morgan fingerprint density at radius 3 is 2.83 bits per heavy atom. The standard InChI is InChI=1S/C8H11N3O/c1-6-3-7(2)11-8(4-6)9-5-10-12/h3-5,12H,1-2H3,(H,9,10,11). The molecule has 4 nitrogen and oxygen atoms in total. The van der Waals surface area contributed by atoms with Crippen LogP contribution in [0.2, 0.25) is 0 Å². The van der Waals surface area contributed by atoms with Gasteiger partial charge in [0.05, 0.1) is 0 Å². The zero-order chi connectivity index (χ0) is 8.97. The summed E-state index contributed by atoms with van der Waals surface area (Å²) < 4.78 is 0. The van der Waals surface area contributed by atoms with Gasteiger partial charge in [0, 0.05) is 5.69 Å². The van der Waals surface area contributed by atoms with Crippen LogP contribution < -0.4 is 5.48 Å². The molecule has 0 saturated carbocycles. The number of hydrogen-bond donors (Lipinski definition) is 2. The summed E-state index contributed by atoms with van der Waals surface area (Å²) in [6.07, 6.45) is 1.18. The molecule has 0 atom stereocenters. The lowest BCUT2D eigenvalue weighted by Crippen LogP contribution is -2.01. The maximum Gasteiger partial charge on any atom is 0.154 e. The Kier molecular flexibility index (Phi) is 2.76. The summed E-state index contributed by atoms with van der Waals surface area (Å²) in [6, 6.07) is 3.80. The zero-order valence-electron chi connectivity index (χ0n) is 7.07. The Morgan fingerprint density at radius 2 is 2.25 bits per heavy atom. The minimum absolute atomic E-state index is 0.592. The molecule has 0 unspecified atom stereocenters. The smallest absolute Gasteiger partial charge is 0.154 e. The van der Waals surface area contributed by atoms with Crippen molar-refractivity contribution in [3.05, 3.63) is 23.4 Å². The molecule has 2 N–H and O–H groups in total. The lowest BCUT2D eigenvalue weighted by molar-refractivity contribution is 0.240. The number of hydrogen-bond acceptors (Lipinski definition) is 3. The minimum atomic E-state index is 0.592. The van der Waals surface area contributed by atoms with Crippen LogP contribution in [0, 0.1) is 13.8 Å². The molecule has 0 aliphatic heterocycles. The van der Waals surface area contributed by atoms with Crippen molar-refractivity contribution in [2.24, 2.45) is 4.99 Å². The van der Waals surface area contributed by atoms with E-state index in [1.165, 1.54) is 6.34 Å². The van der Waals surface area contributed by atoms with E-state index in [9.17, 15) is 0 Å². The number of pyridine rings is 1. The second-order valence-corrected chi connectivity index (χ2v) is 2.53. The van der Waals surface area contributed by atoms with Crippen LogP contribution >= 0.6 is 0 Å². The highest BCUT2D eigenvalue weighted by Gasteiger charge is 1.93. The van der Waals surface area contributed by atoms with Gasteiger partial charge >= 0.3 is 0 Å². The molecule has 1 rings (SSSR count). The van der Waals surface area contributed by atoms with Gasteiger partial charge in [-0.25, -0.2) is 9.98 Å². The van der Waals surface area contributed by atoms with E-state index < -0.39 is 0 Å². The molecule has 1 heterocycles. The van der Waals surface area contributed by atoms with E-state index in [-0.39, 0.29) is 0 Å². The van der Waals surface area contributed by atoms with Gasteiger partial charge in [0.2, 0.25) is 0 Å². The van der Waals surface area contributed by atoms with E-state index in [4.69, 9.17) is 5.21 Å². The molecule has 0 aliphatic carbocycles. The van der Waals surface area contributed by atoms with Crippen molar-refractivity contribution in [3.63, 3.8) is 0 Å². The van der Waals surface area contributed by atoms with Gasteiger partial charge in [-0.2, -0.15) is 0 Å². The highest BCUT2D eigenvalue weighted by molar-refractivity contribution is 5.58. The van der Waals surface area contributed by atoms with Crippen LogP contribution in [0.5, 0.6) is 0 Å². The Hall–Kier alpha value is -1.42. The highest BCUT2D eigenvalue weighted by Crippen LogP contribution is 2.10. The first kappa shape index (κ1) is 8.67. The molecule has 0 aromatic carbocycles. The first-order valence-corrected chi connectivity index (χ1v) is 3.60. The number of aromatic nitrogens is 1. The van der Waals surface area contributed by atoms with Gasteiger partial charge in [-0.15, -0.1) is 0 Å². The summed E-state index contributed by atoms with van der Waals surface area (Å²) in [4.78, 5) is 7.97. The second kappa shape index (κ2) is 3.82. The summed E-state index contributed by atoms with van der Waals surface area (Å²) in [5, 5.41) is 8.24. The van der Waals surface area contributed by atoms with Gasteiger partial charge in [-0.1, -0.05) is 0 Å². The van der Waals surface area contributed by atoms with Gasteiger partial charge in [-0.05, 0) is 31.5 Å². The third-order valence-electron chi connectivity index (χ3n) is 1.34. The SMILES string of the molecule is Cc1cc(C)nc(/N=C/NO)c1. The minimum Gasteiger partial charge on any atom is -0.290 e. The first-order chi connectivity index (χ1) is 5.72. The van der Waals surface area contributed by atoms with Crippen LogP contribution in [0.25, 0.3) is 0 Å². The van der Waals surface area contributed by atoms with E-state index in [0.717, 1.165) is 11.3 Å². The maximum absolute atomic E-state index is 8.24. The van der Waals surface area contributed by atoms with Crippen molar-refractivity contribution in [1.29, 1.82) is 0 Å². The molecule has 1 aromatic heterocycles.